The van der Waals surface area contributed by atoms with Crippen molar-refractivity contribution in [1.82, 2.24) is 10.2 Å². The number of nitrogens with zero attached hydrogens (tertiary/aromatic N) is 3. The maximum atomic E-state index is 12.6. The zero-order valence-electron chi connectivity index (χ0n) is 17.0. The van der Waals surface area contributed by atoms with Crippen molar-refractivity contribution < 1.29 is 19.2 Å². The van der Waals surface area contributed by atoms with E-state index in [0.717, 1.165) is 32.5 Å². The molecule has 1 N–H and O–H groups in total. The summed E-state index contributed by atoms with van der Waals surface area (Å²) in [4.78, 5) is 38.9. The van der Waals surface area contributed by atoms with E-state index in [4.69, 9.17) is 4.74 Å². The maximum Gasteiger partial charge on any atom is 0.331 e. The number of amides is 1. The van der Waals surface area contributed by atoms with Gasteiger partial charge in [0, 0.05) is 31.7 Å². The van der Waals surface area contributed by atoms with Gasteiger partial charge in [0.1, 0.15) is 6.54 Å². The van der Waals surface area contributed by atoms with E-state index in [1.54, 1.807) is 4.90 Å². The molecule has 1 saturated heterocycles. The highest BCUT2D eigenvalue weighted by atomic mass is 16.6. The van der Waals surface area contributed by atoms with Gasteiger partial charge >= 0.3 is 5.97 Å². The molecule has 162 valence electrons. The summed E-state index contributed by atoms with van der Waals surface area (Å²) >= 11 is 0. The average molecular weight is 424 g/mol. The molecular formula is C22H24N4O5. The van der Waals surface area contributed by atoms with Gasteiger partial charge in [0.25, 0.3) is 5.69 Å². The van der Waals surface area contributed by atoms with Gasteiger partial charge in [0.2, 0.25) is 5.91 Å². The first-order valence-corrected chi connectivity index (χ1v) is 10.3. The first kappa shape index (κ1) is 20.8. The highest BCUT2D eigenvalue weighted by Gasteiger charge is 2.28. The number of ether oxygens (including phenoxy) is 1. The van der Waals surface area contributed by atoms with Crippen LogP contribution < -0.4 is 15.0 Å². The Morgan fingerprint density at radius 3 is 2.61 bits per heavy atom. The third-order valence-corrected chi connectivity index (χ3v) is 5.57. The van der Waals surface area contributed by atoms with E-state index in [1.165, 1.54) is 23.8 Å². The Hall–Kier alpha value is -3.46. The number of anilines is 1. The molecule has 0 saturated carbocycles. The number of hydrogen-bond donors (Lipinski definition) is 1. The largest absolute Gasteiger partial charge is 0.423 e. The summed E-state index contributed by atoms with van der Waals surface area (Å²) in [5.41, 5.74) is 1.61. The van der Waals surface area contributed by atoms with Gasteiger partial charge < -0.3 is 15.0 Å². The molecule has 0 unspecified atom stereocenters. The number of nitro benzene ring substituents is 1. The number of likely N-dealkylation sites (tertiary alicyclic amines) is 1. The zero-order chi connectivity index (χ0) is 21.8. The molecule has 2 aromatic carbocycles. The van der Waals surface area contributed by atoms with Gasteiger partial charge in [-0.05, 0) is 24.5 Å². The van der Waals surface area contributed by atoms with E-state index < -0.39 is 10.9 Å². The van der Waals surface area contributed by atoms with Crippen LogP contribution in [0, 0.1) is 10.1 Å². The smallest absolute Gasteiger partial charge is 0.331 e. The van der Waals surface area contributed by atoms with E-state index in [-0.39, 0.29) is 36.5 Å². The van der Waals surface area contributed by atoms with Crippen LogP contribution in [0.4, 0.5) is 11.4 Å². The predicted molar refractivity (Wildman–Crippen MR) is 114 cm³/mol. The summed E-state index contributed by atoms with van der Waals surface area (Å²) in [6.07, 6.45) is 1.73. The second kappa shape index (κ2) is 9.13. The van der Waals surface area contributed by atoms with Gasteiger partial charge in [0.05, 0.1) is 23.2 Å². The fraction of sp³-hybridized carbons (Fsp3) is 0.364. The van der Waals surface area contributed by atoms with Crippen molar-refractivity contribution in [2.75, 3.05) is 31.1 Å². The molecule has 9 nitrogen and oxygen atoms in total. The Bertz CT molecular complexity index is 973. The van der Waals surface area contributed by atoms with Crippen LogP contribution >= 0.6 is 0 Å². The molecule has 2 heterocycles. The van der Waals surface area contributed by atoms with E-state index in [9.17, 15) is 19.7 Å². The first-order chi connectivity index (χ1) is 15.0. The maximum absolute atomic E-state index is 12.6. The number of benzene rings is 2. The normalized spacial score (nSPS) is 17.0. The number of rotatable bonds is 6. The topological polar surface area (TPSA) is 105 Å². The Kier molecular flexibility index (Phi) is 6.13. The van der Waals surface area contributed by atoms with E-state index in [1.807, 2.05) is 18.2 Å². The molecule has 1 amide bonds. The van der Waals surface area contributed by atoms with Crippen LogP contribution in [-0.2, 0) is 16.1 Å². The van der Waals surface area contributed by atoms with Crippen LogP contribution in [-0.4, -0.2) is 53.9 Å². The Labute approximate surface area is 179 Å². The third-order valence-electron chi connectivity index (χ3n) is 5.57. The quantitative estimate of drug-likeness (QED) is 0.328. The first-order valence-electron chi connectivity index (χ1n) is 10.3. The zero-order valence-corrected chi connectivity index (χ0v) is 17.0. The number of fused-ring (bicyclic) bond motifs is 1. The molecule has 9 heteroatoms. The van der Waals surface area contributed by atoms with Gasteiger partial charge in [-0.25, -0.2) is 4.79 Å². The lowest BCUT2D eigenvalue weighted by molar-refractivity contribution is -0.384. The minimum atomic E-state index is -0.552. The lowest BCUT2D eigenvalue weighted by atomic mass is 10.0. The minimum Gasteiger partial charge on any atom is -0.423 e. The molecule has 0 atom stereocenters. The van der Waals surface area contributed by atoms with Crippen LogP contribution in [0.25, 0.3) is 0 Å². The van der Waals surface area contributed by atoms with E-state index >= 15 is 0 Å². The van der Waals surface area contributed by atoms with Gasteiger partial charge in [-0.3, -0.25) is 19.8 Å². The summed E-state index contributed by atoms with van der Waals surface area (Å²) in [6.45, 7) is 2.63. The Morgan fingerprint density at radius 1 is 1.16 bits per heavy atom. The fourth-order valence-electron chi connectivity index (χ4n) is 4.02. The van der Waals surface area contributed by atoms with Gasteiger partial charge in [-0.2, -0.15) is 0 Å². The molecule has 0 spiro atoms. The molecule has 2 aliphatic rings. The molecule has 1 fully saturated rings. The molecule has 4 rings (SSSR count). The van der Waals surface area contributed by atoms with Gasteiger partial charge in [-0.1, -0.05) is 30.3 Å². The minimum absolute atomic E-state index is 0.00978. The number of carbonyl (C=O) groups excluding carboxylic acids is 2. The molecule has 31 heavy (non-hydrogen) atoms. The standard InChI is InChI=1S/C22H24N4O5/c27-21(23-17-8-10-24(11-9-17)13-16-4-2-1-3-5-16)14-25-15-22(28)31-20-12-18(26(29)30)6-7-19(20)25/h1-7,12,17H,8-11,13-15H2,(H,23,27). The molecule has 0 radical (unpaired) electrons. The van der Waals surface area contributed by atoms with Crippen molar-refractivity contribution in [3.63, 3.8) is 0 Å². The van der Waals surface area contributed by atoms with Crippen molar-refractivity contribution in [2.24, 2.45) is 0 Å². The summed E-state index contributed by atoms with van der Waals surface area (Å²) < 4.78 is 5.12. The Balaban J connectivity index is 1.30. The SMILES string of the molecule is O=C(CN1CC(=O)Oc2cc([N+](=O)[O-])ccc21)NC1CCN(Cc2ccccc2)CC1. The summed E-state index contributed by atoms with van der Waals surface area (Å²) in [6, 6.07) is 14.5. The molecule has 0 bridgehead atoms. The highest BCUT2D eigenvalue weighted by molar-refractivity contribution is 5.89. The monoisotopic (exact) mass is 424 g/mol. The molecule has 2 aliphatic heterocycles. The van der Waals surface area contributed by atoms with Gasteiger partial charge in [0.15, 0.2) is 5.75 Å². The van der Waals surface area contributed by atoms with Crippen LogP contribution in [0.5, 0.6) is 5.75 Å². The van der Waals surface area contributed by atoms with Crippen molar-refractivity contribution >= 4 is 23.3 Å². The van der Waals surface area contributed by atoms with Crippen molar-refractivity contribution in [1.29, 1.82) is 0 Å². The van der Waals surface area contributed by atoms with E-state index in [2.05, 4.69) is 22.3 Å². The lowest BCUT2D eigenvalue weighted by Gasteiger charge is -2.33. The van der Waals surface area contributed by atoms with Gasteiger partial charge in [-0.15, -0.1) is 0 Å². The number of esters is 1. The van der Waals surface area contributed by atoms with Crippen molar-refractivity contribution in [2.45, 2.75) is 25.4 Å². The summed E-state index contributed by atoms with van der Waals surface area (Å²) in [5.74, 6) is -0.622. The number of hydrogen-bond acceptors (Lipinski definition) is 7. The average Bonchev–Trinajstić information content (AvgIpc) is 2.75. The molecule has 2 aromatic rings. The second-order valence-corrected chi connectivity index (χ2v) is 7.84. The van der Waals surface area contributed by atoms with E-state index in [0.29, 0.717) is 5.69 Å². The van der Waals surface area contributed by atoms with Crippen LogP contribution in [0.1, 0.15) is 18.4 Å². The molecule has 0 aliphatic carbocycles. The third kappa shape index (κ3) is 5.18. The highest BCUT2D eigenvalue weighted by Crippen LogP contribution is 2.35. The predicted octanol–water partition coefficient (Wildman–Crippen LogP) is 2.10. The number of non-ortho nitro benzene ring substituents is 1. The molecule has 0 aromatic heterocycles. The number of piperidine rings is 1. The number of nitrogens with one attached hydrogen (secondary N) is 1. The number of carbonyl (C=O) groups is 2. The number of nitro groups is 1. The lowest BCUT2D eigenvalue weighted by Crippen LogP contribution is -2.49. The van der Waals surface area contributed by atoms with Crippen LogP contribution in [0.2, 0.25) is 0 Å². The molecular weight excluding hydrogens is 400 g/mol. The second-order valence-electron chi connectivity index (χ2n) is 7.84. The fourth-order valence-corrected chi connectivity index (χ4v) is 4.02. The van der Waals surface area contributed by atoms with Crippen LogP contribution in [0.15, 0.2) is 48.5 Å². The summed E-state index contributed by atoms with van der Waals surface area (Å²) in [7, 11) is 0. The summed E-state index contributed by atoms with van der Waals surface area (Å²) in [5, 5.41) is 14.0. The Morgan fingerprint density at radius 2 is 1.90 bits per heavy atom. The van der Waals surface area contributed by atoms with Crippen molar-refractivity contribution in [3.05, 3.63) is 64.2 Å². The van der Waals surface area contributed by atoms with Crippen molar-refractivity contribution in [3.8, 4) is 5.75 Å². The van der Waals surface area contributed by atoms with Crippen LogP contribution in [0.3, 0.4) is 0 Å².